The first-order chi connectivity index (χ1) is 9.47. The monoisotopic (exact) mass is 284 g/mol. The van der Waals surface area contributed by atoms with E-state index in [1.807, 2.05) is 18.7 Å². The summed E-state index contributed by atoms with van der Waals surface area (Å²) in [7, 11) is 0. The van der Waals surface area contributed by atoms with Crippen molar-refractivity contribution >= 4 is 12.0 Å². The molecule has 2 rings (SSSR count). The minimum absolute atomic E-state index is 0.0446. The SMILES string of the molecule is CC(C)COC(=O)N1CCN([C@@H]2CC[C@@H](O)C2)C(=O)C1. The minimum Gasteiger partial charge on any atom is -0.449 e. The Balaban J connectivity index is 1.82. The van der Waals surface area contributed by atoms with Crippen LogP contribution in [0.3, 0.4) is 0 Å². The number of piperazine rings is 1. The van der Waals surface area contributed by atoms with Gasteiger partial charge in [0.1, 0.15) is 6.54 Å². The summed E-state index contributed by atoms with van der Waals surface area (Å²) in [4.78, 5) is 27.2. The molecule has 1 aliphatic heterocycles. The first kappa shape index (κ1) is 15.1. The predicted octanol–water partition coefficient (Wildman–Crippen LogP) is 0.837. The van der Waals surface area contributed by atoms with Crippen molar-refractivity contribution < 1.29 is 19.4 Å². The van der Waals surface area contributed by atoms with Gasteiger partial charge in [-0.05, 0) is 25.2 Å². The summed E-state index contributed by atoms with van der Waals surface area (Å²) in [6.45, 7) is 5.46. The largest absolute Gasteiger partial charge is 0.449 e. The number of aliphatic hydroxyl groups is 1. The lowest BCUT2D eigenvalue weighted by molar-refractivity contribution is -0.138. The van der Waals surface area contributed by atoms with Crippen LogP contribution in [0.25, 0.3) is 0 Å². The molecular weight excluding hydrogens is 260 g/mol. The molecule has 6 nitrogen and oxygen atoms in total. The number of carbonyl (C=O) groups is 2. The maximum absolute atomic E-state index is 12.1. The van der Waals surface area contributed by atoms with Crippen molar-refractivity contribution in [1.29, 1.82) is 0 Å². The van der Waals surface area contributed by atoms with Crippen LogP contribution in [0, 0.1) is 5.92 Å². The third kappa shape index (κ3) is 3.62. The van der Waals surface area contributed by atoms with Crippen LogP contribution in [0.2, 0.25) is 0 Å². The van der Waals surface area contributed by atoms with E-state index in [9.17, 15) is 14.7 Å². The van der Waals surface area contributed by atoms with Gasteiger partial charge in [0, 0.05) is 19.1 Å². The van der Waals surface area contributed by atoms with E-state index in [-0.39, 0.29) is 30.5 Å². The lowest BCUT2D eigenvalue weighted by atomic mass is 10.1. The molecule has 0 aromatic rings. The van der Waals surface area contributed by atoms with E-state index >= 15 is 0 Å². The van der Waals surface area contributed by atoms with Crippen molar-refractivity contribution in [2.75, 3.05) is 26.2 Å². The number of aliphatic hydroxyl groups excluding tert-OH is 1. The number of hydrogen-bond acceptors (Lipinski definition) is 4. The molecule has 2 atom stereocenters. The Morgan fingerprint density at radius 2 is 2.15 bits per heavy atom. The molecule has 2 aliphatic rings. The van der Waals surface area contributed by atoms with Gasteiger partial charge >= 0.3 is 6.09 Å². The molecule has 2 fully saturated rings. The van der Waals surface area contributed by atoms with Crippen LogP contribution in [0.4, 0.5) is 4.79 Å². The molecule has 114 valence electrons. The topological polar surface area (TPSA) is 70.1 Å². The molecule has 1 heterocycles. The Morgan fingerprint density at radius 3 is 2.70 bits per heavy atom. The number of rotatable bonds is 3. The molecular formula is C14H24N2O4. The number of ether oxygens (including phenoxy) is 1. The van der Waals surface area contributed by atoms with E-state index in [0.717, 1.165) is 12.8 Å². The fourth-order valence-electron chi connectivity index (χ4n) is 2.78. The van der Waals surface area contributed by atoms with E-state index in [2.05, 4.69) is 0 Å². The smallest absolute Gasteiger partial charge is 0.410 e. The van der Waals surface area contributed by atoms with Gasteiger partial charge in [-0.25, -0.2) is 4.79 Å². The highest BCUT2D eigenvalue weighted by atomic mass is 16.6. The molecule has 0 unspecified atom stereocenters. The minimum atomic E-state index is -0.404. The third-order valence-electron chi connectivity index (χ3n) is 3.87. The van der Waals surface area contributed by atoms with Crippen molar-refractivity contribution in [2.24, 2.45) is 5.92 Å². The second-order valence-corrected chi connectivity index (χ2v) is 6.10. The van der Waals surface area contributed by atoms with E-state index in [1.165, 1.54) is 4.90 Å². The van der Waals surface area contributed by atoms with Crippen LogP contribution in [-0.4, -0.2) is 65.3 Å². The van der Waals surface area contributed by atoms with Gasteiger partial charge < -0.3 is 14.7 Å². The van der Waals surface area contributed by atoms with Crippen molar-refractivity contribution in [2.45, 2.75) is 45.3 Å². The summed E-state index contributed by atoms with van der Waals surface area (Å²) in [6.07, 6.45) is 1.57. The van der Waals surface area contributed by atoms with Gasteiger partial charge in [0.25, 0.3) is 0 Å². The van der Waals surface area contributed by atoms with Gasteiger partial charge in [0.2, 0.25) is 5.91 Å². The Bertz CT molecular complexity index is 372. The Hall–Kier alpha value is -1.30. The zero-order chi connectivity index (χ0) is 14.7. The van der Waals surface area contributed by atoms with Crippen LogP contribution in [0.15, 0.2) is 0 Å². The molecule has 2 amide bonds. The molecule has 0 radical (unpaired) electrons. The fourth-order valence-corrected chi connectivity index (χ4v) is 2.78. The number of carbonyl (C=O) groups excluding carboxylic acids is 2. The summed E-state index contributed by atoms with van der Waals surface area (Å²) in [5.74, 6) is 0.243. The molecule has 0 bridgehead atoms. The van der Waals surface area contributed by atoms with Gasteiger partial charge in [-0.1, -0.05) is 13.8 Å². The van der Waals surface area contributed by atoms with Crippen molar-refractivity contribution in [3.8, 4) is 0 Å². The quantitative estimate of drug-likeness (QED) is 0.833. The molecule has 0 aromatic carbocycles. The molecule has 6 heteroatoms. The van der Waals surface area contributed by atoms with Crippen LogP contribution >= 0.6 is 0 Å². The van der Waals surface area contributed by atoms with Crippen LogP contribution < -0.4 is 0 Å². The number of hydrogen-bond donors (Lipinski definition) is 1. The van der Waals surface area contributed by atoms with Crippen LogP contribution in [0.1, 0.15) is 33.1 Å². The standard InChI is InChI=1S/C14H24N2O4/c1-10(2)9-20-14(19)15-5-6-16(13(18)8-15)11-3-4-12(17)7-11/h10-12,17H,3-9H2,1-2H3/t11-,12-/m1/s1. The summed E-state index contributed by atoms with van der Waals surface area (Å²) >= 11 is 0. The molecule has 20 heavy (non-hydrogen) atoms. The van der Waals surface area contributed by atoms with Crippen molar-refractivity contribution in [3.05, 3.63) is 0 Å². The zero-order valence-electron chi connectivity index (χ0n) is 12.2. The predicted molar refractivity (Wildman–Crippen MR) is 73.1 cm³/mol. The second kappa shape index (κ2) is 6.43. The highest BCUT2D eigenvalue weighted by Crippen LogP contribution is 2.25. The average molecular weight is 284 g/mol. The van der Waals surface area contributed by atoms with Crippen molar-refractivity contribution in [3.63, 3.8) is 0 Å². The highest BCUT2D eigenvalue weighted by Gasteiger charge is 2.35. The van der Waals surface area contributed by atoms with Gasteiger partial charge in [-0.15, -0.1) is 0 Å². The Morgan fingerprint density at radius 1 is 1.40 bits per heavy atom. The first-order valence-electron chi connectivity index (χ1n) is 7.36. The first-order valence-corrected chi connectivity index (χ1v) is 7.36. The maximum Gasteiger partial charge on any atom is 0.410 e. The molecule has 1 saturated heterocycles. The summed E-state index contributed by atoms with van der Waals surface area (Å²) < 4.78 is 5.15. The molecule has 1 saturated carbocycles. The van der Waals surface area contributed by atoms with Crippen LogP contribution in [-0.2, 0) is 9.53 Å². The number of amides is 2. The van der Waals surface area contributed by atoms with Gasteiger partial charge in [0.15, 0.2) is 0 Å². The molecule has 1 N–H and O–H groups in total. The van der Waals surface area contributed by atoms with E-state index in [1.54, 1.807) is 0 Å². The lowest BCUT2D eigenvalue weighted by Gasteiger charge is -2.37. The fraction of sp³-hybridized carbons (Fsp3) is 0.857. The lowest BCUT2D eigenvalue weighted by Crippen LogP contribution is -2.55. The average Bonchev–Trinajstić information content (AvgIpc) is 2.82. The number of nitrogens with zero attached hydrogens (tertiary/aromatic N) is 2. The second-order valence-electron chi connectivity index (χ2n) is 6.10. The van der Waals surface area contributed by atoms with Crippen molar-refractivity contribution in [1.82, 2.24) is 9.80 Å². The highest BCUT2D eigenvalue weighted by molar-refractivity contribution is 5.83. The van der Waals surface area contributed by atoms with E-state index < -0.39 is 6.09 Å². The van der Waals surface area contributed by atoms with Gasteiger partial charge in [0.05, 0.1) is 12.7 Å². The normalized spacial score (nSPS) is 27.3. The molecule has 0 aromatic heterocycles. The van der Waals surface area contributed by atoms with E-state index in [4.69, 9.17) is 4.74 Å². The third-order valence-corrected chi connectivity index (χ3v) is 3.87. The molecule has 0 spiro atoms. The summed E-state index contributed by atoms with van der Waals surface area (Å²) in [5, 5.41) is 9.56. The van der Waals surface area contributed by atoms with Gasteiger partial charge in [-0.3, -0.25) is 9.69 Å². The molecule has 1 aliphatic carbocycles. The maximum atomic E-state index is 12.1. The van der Waals surface area contributed by atoms with Gasteiger partial charge in [-0.2, -0.15) is 0 Å². The summed E-state index contributed by atoms with van der Waals surface area (Å²) in [6, 6.07) is 0.131. The van der Waals surface area contributed by atoms with Crippen LogP contribution in [0.5, 0.6) is 0 Å². The zero-order valence-corrected chi connectivity index (χ0v) is 12.2. The summed E-state index contributed by atoms with van der Waals surface area (Å²) in [5.41, 5.74) is 0. The Labute approximate surface area is 119 Å². The Kier molecular flexibility index (Phi) is 4.86. The van der Waals surface area contributed by atoms with E-state index in [0.29, 0.717) is 26.1 Å².